The Labute approximate surface area is 205 Å². The predicted molar refractivity (Wildman–Crippen MR) is 136 cm³/mol. The topological polar surface area (TPSA) is 67.8 Å². The van der Waals surface area contributed by atoms with Crippen LogP contribution in [0.3, 0.4) is 0 Å². The van der Waals surface area contributed by atoms with Crippen molar-refractivity contribution in [3.63, 3.8) is 0 Å². The lowest BCUT2D eigenvalue weighted by atomic mass is 10.0. The van der Waals surface area contributed by atoms with Crippen LogP contribution in [0.2, 0.25) is 5.02 Å². The Kier molecular flexibility index (Phi) is 8.12. The highest BCUT2D eigenvalue weighted by Gasteiger charge is 2.16. The van der Waals surface area contributed by atoms with Crippen molar-refractivity contribution in [2.24, 2.45) is 0 Å². The number of pyridine rings is 2. The van der Waals surface area contributed by atoms with E-state index in [0.717, 1.165) is 27.9 Å². The van der Waals surface area contributed by atoms with Gasteiger partial charge in [-0.25, -0.2) is 9.78 Å². The average Bonchev–Trinajstić information content (AvgIpc) is 2.79. The minimum absolute atomic E-state index is 0.0405. The molecule has 0 spiro atoms. The quantitative estimate of drug-likeness (QED) is 0.399. The first-order chi connectivity index (χ1) is 16.2. The molecular formula is C26H29ClN4O3. The summed E-state index contributed by atoms with van der Waals surface area (Å²) >= 11 is 6.42. The number of ether oxygens (including phenoxy) is 2. The van der Waals surface area contributed by atoms with E-state index in [1.807, 2.05) is 50.2 Å². The van der Waals surface area contributed by atoms with Gasteiger partial charge in [-0.05, 0) is 25.1 Å². The minimum atomic E-state index is -0.447. The zero-order chi connectivity index (χ0) is 24.8. The number of fused-ring (bicyclic) bond motifs is 1. The lowest BCUT2D eigenvalue weighted by molar-refractivity contribution is 0.111. The fourth-order valence-electron chi connectivity index (χ4n) is 3.48. The van der Waals surface area contributed by atoms with Crippen LogP contribution in [0.4, 0.5) is 4.79 Å². The van der Waals surface area contributed by atoms with E-state index in [0.29, 0.717) is 21.9 Å². The van der Waals surface area contributed by atoms with Crippen LogP contribution in [0.25, 0.3) is 16.6 Å². The van der Waals surface area contributed by atoms with Crippen molar-refractivity contribution in [1.29, 1.82) is 0 Å². The van der Waals surface area contributed by atoms with Gasteiger partial charge < -0.3 is 19.3 Å². The van der Waals surface area contributed by atoms with Gasteiger partial charge in [0.05, 0.1) is 5.02 Å². The van der Waals surface area contributed by atoms with Gasteiger partial charge in [-0.1, -0.05) is 36.4 Å². The number of carbonyl (C=O) groups is 1. The number of para-hydroxylation sites is 1. The SMILES string of the molecule is C=C/C=C(/c1cc(C)nc2c(OCc3c(Cl)cncc3COC(=O)N(C)C)cccc12)N(C)C. The molecule has 7 nitrogen and oxygen atoms in total. The number of amides is 1. The second-order valence-electron chi connectivity index (χ2n) is 8.14. The number of carbonyl (C=O) groups excluding carboxylic acids is 1. The molecule has 8 heteroatoms. The van der Waals surface area contributed by atoms with Crippen molar-refractivity contribution >= 4 is 34.3 Å². The fourth-order valence-corrected chi connectivity index (χ4v) is 3.71. The Hall–Kier alpha value is -3.58. The van der Waals surface area contributed by atoms with Gasteiger partial charge in [0.2, 0.25) is 0 Å². The van der Waals surface area contributed by atoms with Crippen LogP contribution in [0, 0.1) is 6.92 Å². The van der Waals surface area contributed by atoms with Crippen molar-refractivity contribution in [3.05, 3.63) is 82.8 Å². The van der Waals surface area contributed by atoms with Crippen LogP contribution < -0.4 is 4.74 Å². The Morgan fingerprint density at radius 2 is 1.91 bits per heavy atom. The van der Waals surface area contributed by atoms with E-state index in [2.05, 4.69) is 17.6 Å². The third-order valence-electron chi connectivity index (χ3n) is 5.15. The van der Waals surface area contributed by atoms with Gasteiger partial charge in [-0.2, -0.15) is 0 Å². The molecule has 0 unspecified atom stereocenters. The third kappa shape index (κ3) is 5.66. The molecule has 2 heterocycles. The van der Waals surface area contributed by atoms with Gasteiger partial charge in [0.25, 0.3) is 0 Å². The number of nitrogens with zero attached hydrogens (tertiary/aromatic N) is 4. The second kappa shape index (κ2) is 11.0. The normalized spacial score (nSPS) is 11.3. The number of aryl methyl sites for hydroxylation is 1. The fraction of sp³-hybridized carbons (Fsp3) is 0.269. The first kappa shape index (κ1) is 25.1. The van der Waals surface area contributed by atoms with Gasteiger partial charge in [0, 0.05) is 74.1 Å². The summed E-state index contributed by atoms with van der Waals surface area (Å²) in [6, 6.07) is 7.90. The number of aromatic nitrogens is 2. The van der Waals surface area contributed by atoms with Crippen LogP contribution in [0.5, 0.6) is 5.75 Å². The number of hydrogen-bond donors (Lipinski definition) is 0. The molecule has 0 atom stereocenters. The van der Waals surface area contributed by atoms with Crippen molar-refractivity contribution in [3.8, 4) is 5.75 Å². The molecule has 178 valence electrons. The van der Waals surface area contributed by atoms with Gasteiger partial charge in [0.1, 0.15) is 24.5 Å². The Bertz CT molecular complexity index is 1240. The smallest absolute Gasteiger partial charge is 0.409 e. The highest BCUT2D eigenvalue weighted by molar-refractivity contribution is 6.31. The standard InChI is InChI=1S/C26H29ClN4O3/c1-7-9-23(30(3)4)20-12-17(2)29-25-19(20)10-8-11-24(25)33-16-21-18(13-28-14-22(21)27)15-34-26(32)31(5)6/h7-14H,1,15-16H2,2-6H3/b23-9-. The predicted octanol–water partition coefficient (Wildman–Crippen LogP) is 5.46. The summed E-state index contributed by atoms with van der Waals surface area (Å²) < 4.78 is 11.5. The molecule has 3 aromatic rings. The molecule has 0 aliphatic rings. The van der Waals surface area contributed by atoms with Crippen LogP contribution in [-0.2, 0) is 18.0 Å². The molecule has 34 heavy (non-hydrogen) atoms. The molecule has 0 aliphatic carbocycles. The molecular weight excluding hydrogens is 452 g/mol. The highest BCUT2D eigenvalue weighted by atomic mass is 35.5. The molecule has 0 saturated heterocycles. The van der Waals surface area contributed by atoms with Gasteiger partial charge in [-0.15, -0.1) is 0 Å². The lowest BCUT2D eigenvalue weighted by Gasteiger charge is -2.20. The first-order valence-electron chi connectivity index (χ1n) is 10.7. The van der Waals surface area contributed by atoms with Crippen molar-refractivity contribution in [1.82, 2.24) is 19.8 Å². The number of halogens is 1. The first-order valence-corrected chi connectivity index (χ1v) is 11.1. The average molecular weight is 481 g/mol. The van der Waals surface area contributed by atoms with E-state index in [9.17, 15) is 4.79 Å². The molecule has 0 fully saturated rings. The minimum Gasteiger partial charge on any atom is -0.487 e. The third-order valence-corrected chi connectivity index (χ3v) is 5.47. The molecule has 0 aliphatic heterocycles. The van der Waals surface area contributed by atoms with Gasteiger partial charge >= 0.3 is 6.09 Å². The van der Waals surface area contributed by atoms with Gasteiger partial charge in [0.15, 0.2) is 0 Å². The van der Waals surface area contributed by atoms with E-state index >= 15 is 0 Å². The molecule has 0 N–H and O–H groups in total. The van der Waals surface area contributed by atoms with Crippen LogP contribution in [0.15, 0.2) is 55.4 Å². The summed E-state index contributed by atoms with van der Waals surface area (Å²) in [5.74, 6) is 0.628. The molecule has 0 radical (unpaired) electrons. The van der Waals surface area contributed by atoms with Crippen LogP contribution in [0.1, 0.15) is 22.4 Å². The maximum atomic E-state index is 11.8. The Morgan fingerprint density at radius 3 is 2.59 bits per heavy atom. The Morgan fingerprint density at radius 1 is 1.15 bits per heavy atom. The van der Waals surface area contributed by atoms with E-state index in [-0.39, 0.29) is 13.2 Å². The van der Waals surface area contributed by atoms with Gasteiger partial charge in [-0.3, -0.25) is 4.98 Å². The molecule has 0 bridgehead atoms. The maximum absolute atomic E-state index is 11.8. The highest BCUT2D eigenvalue weighted by Crippen LogP contribution is 2.32. The Balaban J connectivity index is 1.96. The molecule has 2 aromatic heterocycles. The van der Waals surface area contributed by atoms with E-state index in [4.69, 9.17) is 26.1 Å². The number of hydrogen-bond acceptors (Lipinski definition) is 6. The zero-order valence-electron chi connectivity index (χ0n) is 20.1. The summed E-state index contributed by atoms with van der Waals surface area (Å²) in [5.41, 5.74) is 5.06. The number of allylic oxidation sites excluding steroid dienone is 2. The van der Waals surface area contributed by atoms with E-state index < -0.39 is 6.09 Å². The largest absolute Gasteiger partial charge is 0.487 e. The number of rotatable bonds is 8. The summed E-state index contributed by atoms with van der Waals surface area (Å²) in [4.78, 5) is 24.1. The number of benzene rings is 1. The van der Waals surface area contributed by atoms with Crippen molar-refractivity contribution in [2.45, 2.75) is 20.1 Å². The summed E-state index contributed by atoms with van der Waals surface area (Å²) in [6.45, 7) is 6.02. The molecule has 1 aromatic carbocycles. The second-order valence-corrected chi connectivity index (χ2v) is 8.55. The molecule has 0 saturated carbocycles. The van der Waals surface area contributed by atoms with E-state index in [1.165, 1.54) is 4.90 Å². The van der Waals surface area contributed by atoms with Crippen molar-refractivity contribution < 1.29 is 14.3 Å². The lowest BCUT2D eigenvalue weighted by Crippen LogP contribution is -2.22. The summed E-state index contributed by atoms with van der Waals surface area (Å²) in [7, 11) is 7.23. The zero-order valence-corrected chi connectivity index (χ0v) is 20.9. The molecule has 3 rings (SSSR count). The summed E-state index contributed by atoms with van der Waals surface area (Å²) in [5, 5.41) is 1.40. The molecule has 1 amide bonds. The monoisotopic (exact) mass is 480 g/mol. The van der Waals surface area contributed by atoms with Crippen LogP contribution in [-0.4, -0.2) is 54.1 Å². The van der Waals surface area contributed by atoms with E-state index in [1.54, 1.807) is 32.6 Å². The summed E-state index contributed by atoms with van der Waals surface area (Å²) in [6.07, 6.45) is 6.47. The van der Waals surface area contributed by atoms with Crippen LogP contribution >= 0.6 is 11.6 Å². The van der Waals surface area contributed by atoms with Crippen molar-refractivity contribution in [2.75, 3.05) is 28.2 Å². The maximum Gasteiger partial charge on any atom is 0.409 e.